The summed E-state index contributed by atoms with van der Waals surface area (Å²) in [5.74, 6) is -0.0639. The predicted molar refractivity (Wildman–Crippen MR) is 102 cm³/mol. The molecule has 1 aromatic carbocycles. The average molecular weight is 356 g/mol. The summed E-state index contributed by atoms with van der Waals surface area (Å²) in [4.78, 5) is 14.8. The summed E-state index contributed by atoms with van der Waals surface area (Å²) in [5, 5.41) is 16.8. The molecule has 1 aliphatic rings. The van der Waals surface area contributed by atoms with Gasteiger partial charge in [0.15, 0.2) is 0 Å². The van der Waals surface area contributed by atoms with Crippen LogP contribution in [-0.4, -0.2) is 58.0 Å². The molecule has 1 atom stereocenters. The fraction of sp³-hybridized carbons (Fsp3) is 0.500. The molecule has 3 rings (SSSR count). The second-order valence-corrected chi connectivity index (χ2v) is 7.01. The minimum Gasteiger partial charge on any atom is -0.395 e. The summed E-state index contributed by atoms with van der Waals surface area (Å²) in [5.41, 5.74) is 3.65. The van der Waals surface area contributed by atoms with Crippen LogP contribution in [0.1, 0.15) is 35.3 Å². The van der Waals surface area contributed by atoms with Crippen LogP contribution in [0.25, 0.3) is 11.1 Å². The van der Waals surface area contributed by atoms with Crippen molar-refractivity contribution < 1.29 is 9.90 Å². The number of hydrogen-bond acceptors (Lipinski definition) is 4. The molecule has 2 N–H and O–H groups in total. The Hall–Kier alpha value is -2.18. The van der Waals surface area contributed by atoms with Crippen LogP contribution in [0, 0.1) is 6.92 Å². The number of rotatable bonds is 6. The quantitative estimate of drug-likeness (QED) is 0.830. The Bertz CT molecular complexity index is 756. The monoisotopic (exact) mass is 356 g/mol. The maximum atomic E-state index is 12.5. The zero-order valence-electron chi connectivity index (χ0n) is 15.6. The molecule has 1 aromatic heterocycles. The molecule has 0 radical (unpaired) electrons. The van der Waals surface area contributed by atoms with E-state index in [1.165, 1.54) is 6.42 Å². The molecule has 6 nitrogen and oxygen atoms in total. The Balaban J connectivity index is 1.60. The largest absolute Gasteiger partial charge is 0.395 e. The van der Waals surface area contributed by atoms with Gasteiger partial charge in [-0.2, -0.15) is 5.10 Å². The number of nitrogens with one attached hydrogen (secondary N) is 1. The number of piperidine rings is 1. The van der Waals surface area contributed by atoms with Crippen molar-refractivity contribution in [2.75, 3.05) is 26.2 Å². The first-order chi connectivity index (χ1) is 12.6. The van der Waals surface area contributed by atoms with E-state index in [2.05, 4.69) is 15.3 Å². The van der Waals surface area contributed by atoms with Gasteiger partial charge in [0.1, 0.15) is 0 Å². The van der Waals surface area contributed by atoms with Crippen molar-refractivity contribution in [1.82, 2.24) is 20.0 Å². The van der Waals surface area contributed by atoms with Gasteiger partial charge >= 0.3 is 0 Å². The molecule has 0 spiro atoms. The van der Waals surface area contributed by atoms with Crippen LogP contribution in [-0.2, 0) is 7.05 Å². The lowest BCUT2D eigenvalue weighted by molar-refractivity contribution is 0.0849. The van der Waals surface area contributed by atoms with Gasteiger partial charge in [-0.3, -0.25) is 14.4 Å². The molecule has 2 aromatic rings. The van der Waals surface area contributed by atoms with E-state index in [-0.39, 0.29) is 18.6 Å². The van der Waals surface area contributed by atoms with E-state index in [9.17, 15) is 9.90 Å². The molecule has 2 heterocycles. The lowest BCUT2D eigenvalue weighted by atomic mass is 10.0. The highest BCUT2D eigenvalue weighted by Crippen LogP contribution is 2.23. The number of aliphatic hydroxyl groups excluding tert-OH is 1. The second kappa shape index (κ2) is 8.47. The van der Waals surface area contributed by atoms with Crippen molar-refractivity contribution in [3.63, 3.8) is 0 Å². The molecule has 26 heavy (non-hydrogen) atoms. The molecule has 6 heteroatoms. The smallest absolute Gasteiger partial charge is 0.251 e. The van der Waals surface area contributed by atoms with E-state index in [4.69, 9.17) is 0 Å². The van der Waals surface area contributed by atoms with Gasteiger partial charge in [0.25, 0.3) is 5.91 Å². The number of carbonyl (C=O) groups excluding carboxylic acids is 1. The van der Waals surface area contributed by atoms with Crippen LogP contribution in [0.4, 0.5) is 0 Å². The van der Waals surface area contributed by atoms with Gasteiger partial charge in [-0.1, -0.05) is 18.6 Å². The van der Waals surface area contributed by atoms with Gasteiger partial charge in [0.2, 0.25) is 0 Å². The highest BCUT2D eigenvalue weighted by molar-refractivity contribution is 5.95. The van der Waals surface area contributed by atoms with Crippen LogP contribution in [0.5, 0.6) is 0 Å². The van der Waals surface area contributed by atoms with Crippen molar-refractivity contribution >= 4 is 5.91 Å². The van der Waals surface area contributed by atoms with Gasteiger partial charge < -0.3 is 10.4 Å². The zero-order chi connectivity index (χ0) is 18.5. The molecule has 0 saturated carbocycles. The average Bonchev–Trinajstić information content (AvgIpc) is 3.00. The fourth-order valence-corrected chi connectivity index (χ4v) is 3.69. The second-order valence-electron chi connectivity index (χ2n) is 7.01. The highest BCUT2D eigenvalue weighted by Gasteiger charge is 2.21. The summed E-state index contributed by atoms with van der Waals surface area (Å²) < 4.78 is 1.79. The number of aromatic nitrogens is 2. The van der Waals surface area contributed by atoms with Crippen molar-refractivity contribution in [3.8, 4) is 11.1 Å². The van der Waals surface area contributed by atoms with Crippen LogP contribution < -0.4 is 5.32 Å². The van der Waals surface area contributed by atoms with Crippen LogP contribution in [0.15, 0.2) is 30.5 Å². The minimum atomic E-state index is -0.0639. The highest BCUT2D eigenvalue weighted by atomic mass is 16.3. The number of aliphatic hydroxyl groups is 1. The first kappa shape index (κ1) is 18.6. The number of amides is 1. The van der Waals surface area contributed by atoms with E-state index in [0.717, 1.165) is 42.8 Å². The first-order valence-corrected chi connectivity index (χ1v) is 9.32. The molecule has 1 fully saturated rings. The van der Waals surface area contributed by atoms with E-state index in [1.807, 2.05) is 44.4 Å². The third-order valence-corrected chi connectivity index (χ3v) is 5.09. The van der Waals surface area contributed by atoms with E-state index >= 15 is 0 Å². The van der Waals surface area contributed by atoms with Crippen LogP contribution in [0.2, 0.25) is 0 Å². The summed E-state index contributed by atoms with van der Waals surface area (Å²) in [7, 11) is 1.90. The molecular formula is C20H28N4O2. The summed E-state index contributed by atoms with van der Waals surface area (Å²) >= 11 is 0. The predicted octanol–water partition coefficient (Wildman–Crippen LogP) is 1.97. The minimum absolute atomic E-state index is 0.0639. The van der Waals surface area contributed by atoms with Gasteiger partial charge in [-0.25, -0.2) is 0 Å². The van der Waals surface area contributed by atoms with Gasteiger partial charge in [0.05, 0.1) is 12.3 Å². The number of likely N-dealkylation sites (tertiary alicyclic amines) is 1. The van der Waals surface area contributed by atoms with E-state index in [0.29, 0.717) is 12.1 Å². The molecule has 1 saturated heterocycles. The number of nitrogens with zero attached hydrogens (tertiary/aromatic N) is 3. The maximum absolute atomic E-state index is 12.5. The molecular weight excluding hydrogens is 328 g/mol. The zero-order valence-corrected chi connectivity index (χ0v) is 15.6. The fourth-order valence-electron chi connectivity index (χ4n) is 3.69. The number of hydrogen-bond donors (Lipinski definition) is 2. The van der Waals surface area contributed by atoms with Gasteiger partial charge in [0, 0.05) is 43.5 Å². The summed E-state index contributed by atoms with van der Waals surface area (Å²) in [6.07, 6.45) is 5.35. The Morgan fingerprint density at radius 3 is 2.96 bits per heavy atom. The summed E-state index contributed by atoms with van der Waals surface area (Å²) in [6, 6.07) is 7.89. The topological polar surface area (TPSA) is 70.4 Å². The lowest BCUT2D eigenvalue weighted by Gasteiger charge is -2.34. The lowest BCUT2D eigenvalue weighted by Crippen LogP contribution is -2.45. The van der Waals surface area contributed by atoms with E-state index in [1.54, 1.807) is 4.68 Å². The standard InChI is InChI=1S/C20H28N4O2/c1-15-19(13-23(2)22-15)16-6-5-7-17(12-16)20(26)21-9-11-24-10-4-3-8-18(24)14-25/h5-7,12-13,18,25H,3-4,8-11,14H2,1-2H3,(H,21,26). The van der Waals surface area contributed by atoms with Crippen molar-refractivity contribution in [3.05, 3.63) is 41.7 Å². The Morgan fingerprint density at radius 2 is 2.23 bits per heavy atom. The van der Waals surface area contributed by atoms with Crippen LogP contribution in [0.3, 0.4) is 0 Å². The third-order valence-electron chi connectivity index (χ3n) is 5.09. The molecule has 1 aliphatic heterocycles. The Kier molecular flexibility index (Phi) is 6.06. The van der Waals surface area contributed by atoms with E-state index < -0.39 is 0 Å². The van der Waals surface area contributed by atoms with Crippen molar-refractivity contribution in [2.45, 2.75) is 32.2 Å². The summed E-state index contributed by atoms with van der Waals surface area (Å²) in [6.45, 7) is 4.53. The van der Waals surface area contributed by atoms with Crippen LogP contribution >= 0.6 is 0 Å². The first-order valence-electron chi connectivity index (χ1n) is 9.32. The van der Waals surface area contributed by atoms with Crippen molar-refractivity contribution in [1.29, 1.82) is 0 Å². The molecule has 140 valence electrons. The third kappa shape index (κ3) is 4.31. The maximum Gasteiger partial charge on any atom is 0.251 e. The molecule has 1 amide bonds. The van der Waals surface area contributed by atoms with Crippen molar-refractivity contribution in [2.24, 2.45) is 7.05 Å². The number of benzene rings is 1. The number of aryl methyl sites for hydroxylation is 2. The molecule has 0 aliphatic carbocycles. The normalized spacial score (nSPS) is 18.0. The number of carbonyl (C=O) groups is 1. The SMILES string of the molecule is Cc1nn(C)cc1-c1cccc(C(=O)NCCN2CCCCC2CO)c1. The molecule has 1 unspecified atom stereocenters. The van der Waals surface area contributed by atoms with Gasteiger partial charge in [-0.15, -0.1) is 0 Å². The Labute approximate surface area is 154 Å². The Morgan fingerprint density at radius 1 is 1.38 bits per heavy atom. The molecule has 0 bridgehead atoms. The van der Waals surface area contributed by atoms with Gasteiger partial charge in [-0.05, 0) is 44.0 Å².